The zero-order valence-corrected chi connectivity index (χ0v) is 17.3. The molecule has 1 aliphatic heterocycles. The number of pyridine rings is 1. The lowest BCUT2D eigenvalue weighted by Gasteiger charge is -2.16. The van der Waals surface area contributed by atoms with Crippen LogP contribution in [0.3, 0.4) is 0 Å². The topological polar surface area (TPSA) is 103 Å². The second-order valence-corrected chi connectivity index (χ2v) is 7.05. The van der Waals surface area contributed by atoms with E-state index in [1.165, 1.54) is 11.8 Å². The Bertz CT molecular complexity index is 881. The van der Waals surface area contributed by atoms with Crippen molar-refractivity contribution in [2.45, 2.75) is 32.7 Å². The summed E-state index contributed by atoms with van der Waals surface area (Å²) in [5.41, 5.74) is 2.35. The summed E-state index contributed by atoms with van der Waals surface area (Å²) in [6.07, 6.45) is 4.19. The van der Waals surface area contributed by atoms with Crippen molar-refractivity contribution in [1.29, 1.82) is 0 Å². The van der Waals surface area contributed by atoms with E-state index in [1.54, 1.807) is 12.1 Å². The van der Waals surface area contributed by atoms with Crippen LogP contribution in [0.1, 0.15) is 30.9 Å². The van der Waals surface area contributed by atoms with Crippen LogP contribution >= 0.6 is 0 Å². The van der Waals surface area contributed by atoms with Crippen LogP contribution in [0.5, 0.6) is 5.75 Å². The summed E-state index contributed by atoms with van der Waals surface area (Å²) in [4.78, 5) is 30.2. The second kappa shape index (κ2) is 11.6. The van der Waals surface area contributed by atoms with E-state index in [1.807, 2.05) is 37.1 Å². The largest absolute Gasteiger partial charge is 0.711 e. The Morgan fingerprint density at radius 1 is 1.27 bits per heavy atom. The van der Waals surface area contributed by atoms with E-state index >= 15 is 0 Å². The van der Waals surface area contributed by atoms with Crippen molar-refractivity contribution in [3.63, 3.8) is 0 Å². The van der Waals surface area contributed by atoms with E-state index in [-0.39, 0.29) is 18.0 Å². The number of nitrogens with zero attached hydrogens (tertiary/aromatic N) is 2. The molecule has 1 amide bonds. The standard InChI is InChI=1S/C21H27N3O3.CO2/c1-3-16-13-17-8-9-19(14-18(17)15-22-21(16)25)27-12-6-10-23(2)20-7-4-5-11-24(20)26;2-1-3/h4-5,7-9,11,14,16H,3,6,10,12-13,15H2,1-2H3,(H,22,25);. The van der Waals surface area contributed by atoms with Gasteiger partial charge in [0.1, 0.15) is 5.75 Å². The predicted molar refractivity (Wildman–Crippen MR) is 110 cm³/mol. The minimum absolute atomic E-state index is 0.0512. The number of nitrogens with one attached hydrogen (secondary N) is 1. The van der Waals surface area contributed by atoms with Gasteiger partial charge in [0.05, 0.1) is 26.4 Å². The van der Waals surface area contributed by atoms with Crippen molar-refractivity contribution in [2.24, 2.45) is 5.92 Å². The van der Waals surface area contributed by atoms with Crippen molar-refractivity contribution < 1.29 is 23.9 Å². The van der Waals surface area contributed by atoms with Crippen molar-refractivity contribution >= 4 is 17.9 Å². The third-order valence-corrected chi connectivity index (χ3v) is 5.06. The highest BCUT2D eigenvalue weighted by atomic mass is 16.5. The van der Waals surface area contributed by atoms with Crippen LogP contribution in [-0.2, 0) is 27.3 Å². The van der Waals surface area contributed by atoms with E-state index in [9.17, 15) is 10.0 Å². The first kappa shape index (κ1) is 22.9. The molecule has 30 heavy (non-hydrogen) atoms. The molecule has 0 fully saturated rings. The SMILES string of the molecule is CCC1Cc2ccc(OCCCN(C)c3cccc[n+]3[O-])cc2CNC1=O.O=C=O. The van der Waals surface area contributed by atoms with Gasteiger partial charge in [0, 0.05) is 24.9 Å². The molecule has 1 aromatic carbocycles. The molecule has 1 aromatic heterocycles. The number of fused-ring (bicyclic) bond motifs is 1. The average molecular weight is 413 g/mol. The zero-order chi connectivity index (χ0) is 21.9. The minimum atomic E-state index is 0.0512. The van der Waals surface area contributed by atoms with E-state index in [2.05, 4.69) is 11.4 Å². The molecule has 1 aliphatic rings. The first-order valence-electron chi connectivity index (χ1n) is 9.91. The maximum atomic E-state index is 12.0. The van der Waals surface area contributed by atoms with Gasteiger partial charge in [0.25, 0.3) is 5.82 Å². The number of carbonyl (C=O) groups excluding carboxylic acids is 3. The van der Waals surface area contributed by atoms with Crippen LogP contribution in [0, 0.1) is 11.1 Å². The number of benzene rings is 1. The molecular weight excluding hydrogens is 386 g/mol. The van der Waals surface area contributed by atoms with Gasteiger partial charge < -0.3 is 15.3 Å². The van der Waals surface area contributed by atoms with Crippen LogP contribution in [0.15, 0.2) is 42.6 Å². The highest BCUT2D eigenvalue weighted by molar-refractivity contribution is 5.79. The zero-order valence-electron chi connectivity index (χ0n) is 17.3. The number of ether oxygens (including phenoxy) is 1. The van der Waals surface area contributed by atoms with E-state index in [4.69, 9.17) is 14.3 Å². The molecule has 8 nitrogen and oxygen atoms in total. The summed E-state index contributed by atoms with van der Waals surface area (Å²) in [6.45, 7) is 3.90. The molecule has 2 aromatic rings. The van der Waals surface area contributed by atoms with Gasteiger partial charge in [-0.2, -0.15) is 9.59 Å². The van der Waals surface area contributed by atoms with E-state index in [0.29, 0.717) is 19.0 Å². The first-order valence-corrected chi connectivity index (χ1v) is 9.91. The van der Waals surface area contributed by atoms with Crippen molar-refractivity contribution in [3.05, 3.63) is 58.9 Å². The highest BCUT2D eigenvalue weighted by Crippen LogP contribution is 2.24. The second-order valence-electron chi connectivity index (χ2n) is 7.05. The highest BCUT2D eigenvalue weighted by Gasteiger charge is 2.22. The first-order chi connectivity index (χ1) is 14.5. The lowest BCUT2D eigenvalue weighted by atomic mass is 9.95. The number of anilines is 1. The van der Waals surface area contributed by atoms with Gasteiger partial charge in [-0.15, -0.1) is 0 Å². The lowest BCUT2D eigenvalue weighted by Crippen LogP contribution is -2.36. The molecule has 0 aliphatic carbocycles. The van der Waals surface area contributed by atoms with Crippen molar-refractivity contribution in [2.75, 3.05) is 25.1 Å². The van der Waals surface area contributed by atoms with Crippen molar-refractivity contribution in [3.8, 4) is 5.75 Å². The molecule has 0 spiro atoms. The maximum absolute atomic E-state index is 12.0. The molecule has 1 unspecified atom stereocenters. The summed E-state index contributed by atoms with van der Waals surface area (Å²) in [6, 6.07) is 11.5. The Morgan fingerprint density at radius 2 is 2.03 bits per heavy atom. The van der Waals surface area contributed by atoms with Gasteiger partial charge >= 0.3 is 6.15 Å². The molecule has 0 saturated carbocycles. The van der Waals surface area contributed by atoms with Crippen LogP contribution < -0.4 is 19.7 Å². The average Bonchev–Trinajstić information content (AvgIpc) is 2.90. The van der Waals surface area contributed by atoms with Crippen LogP contribution in [0.4, 0.5) is 5.82 Å². The summed E-state index contributed by atoms with van der Waals surface area (Å²) in [5.74, 6) is 1.63. The van der Waals surface area contributed by atoms with Gasteiger partial charge in [0.2, 0.25) is 5.91 Å². The number of carbonyl (C=O) groups is 1. The Labute approximate surface area is 176 Å². The molecule has 160 valence electrons. The Morgan fingerprint density at radius 3 is 2.73 bits per heavy atom. The Balaban J connectivity index is 0.00000101. The Kier molecular flexibility index (Phi) is 8.84. The molecular formula is C22H27N3O5. The molecule has 1 atom stereocenters. The van der Waals surface area contributed by atoms with Crippen molar-refractivity contribution in [1.82, 2.24) is 5.32 Å². The number of aromatic nitrogens is 1. The van der Waals surface area contributed by atoms with Gasteiger partial charge in [-0.3, -0.25) is 9.69 Å². The van der Waals surface area contributed by atoms with E-state index in [0.717, 1.165) is 41.9 Å². The molecule has 3 rings (SSSR count). The monoisotopic (exact) mass is 413 g/mol. The number of rotatable bonds is 7. The summed E-state index contributed by atoms with van der Waals surface area (Å²) >= 11 is 0. The smallest absolute Gasteiger partial charge is 0.373 e. The van der Waals surface area contributed by atoms with Gasteiger partial charge in [-0.05, 0) is 42.2 Å². The molecule has 0 radical (unpaired) electrons. The summed E-state index contributed by atoms with van der Waals surface area (Å²) < 4.78 is 6.75. The number of amides is 1. The fraction of sp³-hybridized carbons (Fsp3) is 0.409. The van der Waals surface area contributed by atoms with Crippen LogP contribution in [0.25, 0.3) is 0 Å². The molecule has 0 bridgehead atoms. The quantitative estimate of drug-likeness (QED) is 0.422. The number of hydrogen-bond donors (Lipinski definition) is 1. The fourth-order valence-electron chi connectivity index (χ4n) is 3.39. The molecule has 2 heterocycles. The molecule has 8 heteroatoms. The van der Waals surface area contributed by atoms with Gasteiger partial charge in [-0.1, -0.05) is 19.1 Å². The molecule has 0 saturated heterocycles. The minimum Gasteiger partial charge on any atom is -0.711 e. The lowest BCUT2D eigenvalue weighted by molar-refractivity contribution is -0.592. The van der Waals surface area contributed by atoms with Crippen LogP contribution in [0.2, 0.25) is 0 Å². The number of hydrogen-bond acceptors (Lipinski definition) is 6. The molecule has 1 N–H and O–H groups in total. The van der Waals surface area contributed by atoms with Gasteiger partial charge in [-0.25, -0.2) is 4.73 Å². The third kappa shape index (κ3) is 6.32. The predicted octanol–water partition coefficient (Wildman–Crippen LogP) is 1.84. The van der Waals surface area contributed by atoms with Crippen LogP contribution in [-0.4, -0.2) is 32.3 Å². The van der Waals surface area contributed by atoms with E-state index < -0.39 is 0 Å². The maximum Gasteiger partial charge on any atom is 0.373 e. The van der Waals surface area contributed by atoms with Gasteiger partial charge in [0.15, 0.2) is 0 Å². The normalized spacial score (nSPS) is 14.9. The fourth-order valence-corrected chi connectivity index (χ4v) is 3.39. The third-order valence-electron chi connectivity index (χ3n) is 5.06. The summed E-state index contributed by atoms with van der Waals surface area (Å²) in [5, 5.41) is 14.8. The Hall–Kier alpha value is -3.38. The summed E-state index contributed by atoms with van der Waals surface area (Å²) in [7, 11) is 1.90.